The van der Waals surface area contributed by atoms with Crippen molar-refractivity contribution in [3.05, 3.63) is 57.8 Å². The topological polar surface area (TPSA) is 42.1 Å². The highest BCUT2D eigenvalue weighted by Gasteiger charge is 2.04. The van der Waals surface area contributed by atoms with Gasteiger partial charge >= 0.3 is 5.97 Å². The number of benzene rings is 1. The third-order valence-electron chi connectivity index (χ3n) is 3.02. The van der Waals surface area contributed by atoms with E-state index in [0.29, 0.717) is 13.0 Å². The summed E-state index contributed by atoms with van der Waals surface area (Å²) in [5.41, 5.74) is 3.57. The van der Waals surface area contributed by atoms with Crippen molar-refractivity contribution in [2.75, 3.05) is 6.61 Å². The van der Waals surface area contributed by atoms with Gasteiger partial charge in [0.2, 0.25) is 0 Å². The van der Waals surface area contributed by atoms with Gasteiger partial charge in [-0.1, -0.05) is 24.3 Å². The van der Waals surface area contributed by atoms with E-state index < -0.39 is 0 Å². The third kappa shape index (κ3) is 4.53. The van der Waals surface area contributed by atoms with Gasteiger partial charge in [-0.2, -0.15) is 0 Å². The monoisotopic (exact) mass is 335 g/mol. The van der Waals surface area contributed by atoms with Gasteiger partial charge in [0.15, 0.2) is 0 Å². The highest BCUT2D eigenvalue weighted by atomic mass is 79.9. The van der Waals surface area contributed by atoms with E-state index in [2.05, 4.69) is 39.1 Å². The summed E-state index contributed by atoms with van der Waals surface area (Å²) in [4.78, 5) is 14.6. The normalized spacial score (nSPS) is 10.5. The lowest BCUT2D eigenvalue weighted by molar-refractivity contribution is -0.143. The molecule has 1 N–H and O–H groups in total. The van der Waals surface area contributed by atoms with Crippen LogP contribution < -0.4 is 0 Å². The number of rotatable bonds is 6. The van der Waals surface area contributed by atoms with Crippen molar-refractivity contribution in [2.24, 2.45) is 0 Å². The molecular weight excluding hydrogens is 318 g/mol. The number of carbonyl (C=O) groups is 1. The van der Waals surface area contributed by atoms with Crippen LogP contribution in [0.25, 0.3) is 0 Å². The summed E-state index contributed by atoms with van der Waals surface area (Å²) < 4.78 is 5.93. The second-order valence-corrected chi connectivity index (χ2v) is 5.49. The molecule has 20 heavy (non-hydrogen) atoms. The minimum atomic E-state index is -0.133. The number of aromatic nitrogens is 1. The molecular formula is C16H18BrNO2. The van der Waals surface area contributed by atoms with Crippen LogP contribution in [0.4, 0.5) is 0 Å². The summed E-state index contributed by atoms with van der Waals surface area (Å²) in [5.74, 6) is -0.133. The van der Waals surface area contributed by atoms with Gasteiger partial charge in [0.05, 0.1) is 11.2 Å². The fraction of sp³-hybridized carbons (Fsp3) is 0.312. The molecule has 4 heteroatoms. The van der Waals surface area contributed by atoms with Crippen LogP contribution in [0, 0.1) is 0 Å². The molecule has 0 bridgehead atoms. The first-order chi connectivity index (χ1) is 9.67. The van der Waals surface area contributed by atoms with Crippen LogP contribution in [0.1, 0.15) is 30.2 Å². The average Bonchev–Trinajstić information content (AvgIpc) is 2.83. The van der Waals surface area contributed by atoms with Gasteiger partial charge in [0, 0.05) is 18.5 Å². The average molecular weight is 336 g/mol. The Labute approximate surface area is 127 Å². The molecule has 3 nitrogen and oxygen atoms in total. The Morgan fingerprint density at radius 3 is 2.75 bits per heavy atom. The zero-order valence-corrected chi connectivity index (χ0v) is 13.1. The van der Waals surface area contributed by atoms with Crippen molar-refractivity contribution < 1.29 is 9.53 Å². The number of aromatic amines is 1. The van der Waals surface area contributed by atoms with Gasteiger partial charge in [-0.25, -0.2) is 0 Å². The van der Waals surface area contributed by atoms with Gasteiger partial charge in [0.1, 0.15) is 0 Å². The molecule has 0 amide bonds. The predicted octanol–water partition coefficient (Wildman–Crippen LogP) is 3.86. The first-order valence-electron chi connectivity index (χ1n) is 6.74. The number of hydrogen-bond donors (Lipinski definition) is 1. The fourth-order valence-corrected chi connectivity index (χ4v) is 2.49. The zero-order chi connectivity index (χ0) is 14.4. The molecule has 0 unspecified atom stereocenters. The first kappa shape index (κ1) is 14.9. The number of ether oxygens (including phenoxy) is 1. The Kier molecular flexibility index (Phi) is 5.41. The van der Waals surface area contributed by atoms with Crippen LogP contribution in [0.3, 0.4) is 0 Å². The van der Waals surface area contributed by atoms with Crippen molar-refractivity contribution in [3.63, 3.8) is 0 Å². The van der Waals surface area contributed by atoms with Gasteiger partial charge < -0.3 is 9.72 Å². The lowest BCUT2D eigenvalue weighted by Gasteiger charge is -2.05. The van der Waals surface area contributed by atoms with Gasteiger partial charge in [0.25, 0.3) is 0 Å². The second-order valence-electron chi connectivity index (χ2n) is 4.63. The quantitative estimate of drug-likeness (QED) is 0.814. The summed E-state index contributed by atoms with van der Waals surface area (Å²) in [6, 6.07) is 12.4. The minimum Gasteiger partial charge on any atom is -0.466 e. The molecule has 0 aliphatic carbocycles. The fourth-order valence-electron chi connectivity index (χ4n) is 2.11. The molecule has 2 aromatic rings. The van der Waals surface area contributed by atoms with E-state index in [4.69, 9.17) is 4.74 Å². The summed E-state index contributed by atoms with van der Waals surface area (Å²) in [6.07, 6.45) is 2.02. The molecule has 0 saturated carbocycles. The zero-order valence-electron chi connectivity index (χ0n) is 11.5. The molecule has 1 aromatic carbocycles. The van der Waals surface area contributed by atoms with Crippen molar-refractivity contribution in [3.8, 4) is 0 Å². The van der Waals surface area contributed by atoms with Crippen LogP contribution in [-0.2, 0) is 22.4 Å². The van der Waals surface area contributed by atoms with Crippen LogP contribution in [0.15, 0.2) is 41.0 Å². The summed E-state index contributed by atoms with van der Waals surface area (Å²) >= 11 is 3.41. The van der Waals surface area contributed by atoms with Gasteiger partial charge in [-0.05, 0) is 52.5 Å². The molecule has 1 aromatic heterocycles. The second kappa shape index (κ2) is 7.29. The summed E-state index contributed by atoms with van der Waals surface area (Å²) in [7, 11) is 0. The number of aryl methyl sites for hydroxylation is 1. The molecule has 2 rings (SSSR count). The predicted molar refractivity (Wildman–Crippen MR) is 82.7 cm³/mol. The molecule has 0 radical (unpaired) electrons. The van der Waals surface area contributed by atoms with E-state index in [0.717, 1.165) is 17.4 Å². The van der Waals surface area contributed by atoms with E-state index in [-0.39, 0.29) is 5.97 Å². The number of carbonyl (C=O) groups excluding carboxylic acids is 1. The van der Waals surface area contributed by atoms with Crippen LogP contribution in [-0.4, -0.2) is 17.6 Å². The summed E-state index contributed by atoms with van der Waals surface area (Å²) in [6.45, 7) is 2.27. The maximum Gasteiger partial charge on any atom is 0.306 e. The molecule has 0 atom stereocenters. The van der Waals surface area contributed by atoms with E-state index >= 15 is 0 Å². The standard InChI is InChI=1S/C16H18BrNO2/c1-2-20-16(19)9-6-12-4-3-5-13(10-12)11-14-7-8-15(17)18-14/h3-5,7-8,10,18H,2,6,9,11H2,1H3. The molecule has 0 fully saturated rings. The van der Waals surface area contributed by atoms with E-state index in [1.54, 1.807) is 0 Å². The minimum absolute atomic E-state index is 0.133. The Bertz CT molecular complexity index is 577. The number of H-pyrrole nitrogens is 1. The van der Waals surface area contributed by atoms with Crippen molar-refractivity contribution in [1.29, 1.82) is 0 Å². The SMILES string of the molecule is CCOC(=O)CCc1cccc(Cc2ccc(Br)[nH]2)c1. The first-order valence-corrected chi connectivity index (χ1v) is 7.53. The van der Waals surface area contributed by atoms with E-state index in [1.807, 2.05) is 25.1 Å². The Hall–Kier alpha value is -1.55. The molecule has 0 aliphatic heterocycles. The number of esters is 1. The molecule has 0 aliphatic rings. The number of nitrogens with one attached hydrogen (secondary N) is 1. The van der Waals surface area contributed by atoms with E-state index in [9.17, 15) is 4.79 Å². The number of hydrogen-bond acceptors (Lipinski definition) is 2. The Morgan fingerprint density at radius 1 is 1.25 bits per heavy atom. The molecule has 106 valence electrons. The van der Waals surface area contributed by atoms with E-state index in [1.165, 1.54) is 16.8 Å². The Morgan fingerprint density at radius 2 is 2.05 bits per heavy atom. The maximum absolute atomic E-state index is 11.4. The smallest absolute Gasteiger partial charge is 0.306 e. The summed E-state index contributed by atoms with van der Waals surface area (Å²) in [5, 5.41) is 0. The van der Waals surface area contributed by atoms with Crippen molar-refractivity contribution in [2.45, 2.75) is 26.2 Å². The van der Waals surface area contributed by atoms with Crippen LogP contribution >= 0.6 is 15.9 Å². The van der Waals surface area contributed by atoms with Gasteiger partial charge in [-0.15, -0.1) is 0 Å². The molecule has 0 saturated heterocycles. The lowest BCUT2D eigenvalue weighted by Crippen LogP contribution is -2.05. The van der Waals surface area contributed by atoms with Crippen LogP contribution in [0.2, 0.25) is 0 Å². The Balaban J connectivity index is 1.95. The molecule has 0 spiro atoms. The highest BCUT2D eigenvalue weighted by Crippen LogP contribution is 2.15. The van der Waals surface area contributed by atoms with Crippen LogP contribution in [0.5, 0.6) is 0 Å². The van der Waals surface area contributed by atoms with Crippen molar-refractivity contribution in [1.82, 2.24) is 4.98 Å². The molecule has 1 heterocycles. The van der Waals surface area contributed by atoms with Gasteiger partial charge in [-0.3, -0.25) is 4.79 Å². The van der Waals surface area contributed by atoms with Crippen molar-refractivity contribution >= 4 is 21.9 Å². The highest BCUT2D eigenvalue weighted by molar-refractivity contribution is 9.10. The third-order valence-corrected chi connectivity index (χ3v) is 3.48. The number of halogens is 1. The maximum atomic E-state index is 11.4. The lowest BCUT2D eigenvalue weighted by atomic mass is 10.0. The largest absolute Gasteiger partial charge is 0.466 e.